The summed E-state index contributed by atoms with van der Waals surface area (Å²) in [5.41, 5.74) is 9.13. The number of piperazine rings is 1. The van der Waals surface area contributed by atoms with Crippen LogP contribution in [0, 0.1) is 33.6 Å². The Morgan fingerprint density at radius 3 is 2.03 bits per heavy atom. The first-order valence-electron chi connectivity index (χ1n) is 13.3. The van der Waals surface area contributed by atoms with Gasteiger partial charge in [-0.25, -0.2) is 0 Å². The first-order chi connectivity index (χ1) is 18.2. The average Bonchev–Trinajstić information content (AvgIpc) is 2.86. The lowest BCUT2D eigenvalue weighted by molar-refractivity contribution is -0.129. The lowest BCUT2D eigenvalue weighted by Crippen LogP contribution is -2.60. The number of nitrogens with zero attached hydrogens (tertiary/aromatic N) is 3. The molecule has 0 saturated carbocycles. The molecule has 212 valence electrons. The first-order valence-corrected chi connectivity index (χ1v) is 14.5. The molecule has 6 nitrogen and oxygen atoms in total. The van der Waals surface area contributed by atoms with Gasteiger partial charge in [0, 0.05) is 39.2 Å². The fourth-order valence-corrected chi connectivity index (χ4v) is 6.04. The number of Topliss-reactive ketones (excluding diaryl/α,β-unsaturated/α-hetero) is 1. The number of carbonyl (C=O) groups excluding carboxylic acids is 2. The molecule has 0 radical (unpaired) electrons. The number of aliphatic hydroxyl groups is 1. The second-order valence-corrected chi connectivity index (χ2v) is 12.1. The molecule has 39 heavy (non-hydrogen) atoms. The number of benzene rings is 2. The number of ketones is 1. The molecule has 2 aliphatic rings. The molecule has 2 heterocycles. The monoisotopic (exact) mass is 551 g/mol. The zero-order valence-electron chi connectivity index (χ0n) is 25.1. The topological polar surface area (TPSA) is 64.1 Å². The van der Waals surface area contributed by atoms with Gasteiger partial charge in [-0.05, 0) is 76.3 Å². The van der Waals surface area contributed by atoms with Crippen molar-refractivity contribution in [2.75, 3.05) is 41.6 Å². The van der Waals surface area contributed by atoms with Crippen molar-refractivity contribution in [2.45, 2.75) is 73.5 Å². The predicted molar refractivity (Wildman–Crippen MR) is 167 cm³/mol. The van der Waals surface area contributed by atoms with E-state index in [1.807, 2.05) is 4.90 Å². The second-order valence-electron chi connectivity index (χ2n) is 11.3. The van der Waals surface area contributed by atoms with Gasteiger partial charge in [-0.15, -0.1) is 12.8 Å². The Morgan fingerprint density at radius 1 is 0.974 bits per heavy atom. The molecule has 0 aromatic heterocycles. The van der Waals surface area contributed by atoms with Crippen LogP contribution in [-0.4, -0.2) is 65.8 Å². The Hall–Kier alpha value is -2.95. The molecular formula is C32H45N3O3S. The molecule has 1 atom stereocenters. The van der Waals surface area contributed by atoms with E-state index in [1.54, 1.807) is 46.6 Å². The summed E-state index contributed by atoms with van der Waals surface area (Å²) in [5, 5.41) is 8.52. The number of hydrogen-bond acceptors (Lipinski definition) is 6. The summed E-state index contributed by atoms with van der Waals surface area (Å²) in [6.07, 6.45) is 10.5. The van der Waals surface area contributed by atoms with Gasteiger partial charge < -0.3 is 19.2 Å². The third kappa shape index (κ3) is 7.80. The highest BCUT2D eigenvalue weighted by Crippen LogP contribution is 2.49. The average molecular weight is 552 g/mol. The van der Waals surface area contributed by atoms with Crippen LogP contribution in [0.3, 0.4) is 0 Å². The first kappa shape index (κ1) is 32.3. The lowest BCUT2D eigenvalue weighted by Gasteiger charge is -2.50. The van der Waals surface area contributed by atoms with Crippen LogP contribution in [0.15, 0.2) is 24.3 Å². The number of rotatable bonds is 4. The molecule has 2 aromatic carbocycles. The third-order valence-corrected chi connectivity index (χ3v) is 7.66. The number of fused-ring (bicyclic) bond motifs is 3. The maximum absolute atomic E-state index is 12.3. The molecule has 4 rings (SSSR count). The summed E-state index contributed by atoms with van der Waals surface area (Å²) in [4.78, 5) is 28.8. The van der Waals surface area contributed by atoms with Crippen LogP contribution in [0.5, 0.6) is 0 Å². The summed E-state index contributed by atoms with van der Waals surface area (Å²) in [7, 11) is 0. The zero-order chi connectivity index (χ0) is 29.7. The van der Waals surface area contributed by atoms with Gasteiger partial charge in [0.15, 0.2) is 0 Å². The van der Waals surface area contributed by atoms with E-state index in [0.29, 0.717) is 6.42 Å². The molecule has 1 saturated heterocycles. The predicted octanol–water partition coefficient (Wildman–Crippen LogP) is 5.57. The van der Waals surface area contributed by atoms with Gasteiger partial charge >= 0.3 is 0 Å². The standard InChI is InChI=1S/C26H33N3O2S.C4H10O.C2H2/c1-16-7-9-21(10-8-16)24-19(4)25-26(18(3)23(24)13-17(2)30)29(32-6)15-22-14-27(20(5)31)11-12-28(22)25;1-4(2,3)5;1-2/h7-10,22H,11-15H2,1-6H3;5H,1-3H3;1-2H/t22-;;/m1../s1. The third-order valence-electron chi connectivity index (χ3n) is 6.89. The zero-order valence-corrected chi connectivity index (χ0v) is 25.9. The van der Waals surface area contributed by atoms with Crippen LogP contribution in [0.25, 0.3) is 11.1 Å². The van der Waals surface area contributed by atoms with Crippen molar-refractivity contribution < 1.29 is 14.7 Å². The van der Waals surface area contributed by atoms with Crippen LogP contribution in [-0.2, 0) is 16.0 Å². The minimum Gasteiger partial charge on any atom is -0.391 e. The van der Waals surface area contributed by atoms with Crippen molar-refractivity contribution in [1.82, 2.24) is 4.90 Å². The minimum absolute atomic E-state index is 0.149. The van der Waals surface area contributed by atoms with E-state index in [-0.39, 0.29) is 17.7 Å². The molecule has 1 N–H and O–H groups in total. The van der Waals surface area contributed by atoms with Crippen LogP contribution >= 0.6 is 11.9 Å². The van der Waals surface area contributed by atoms with Crippen LogP contribution in [0.1, 0.15) is 56.9 Å². The van der Waals surface area contributed by atoms with E-state index in [0.717, 1.165) is 37.3 Å². The van der Waals surface area contributed by atoms with E-state index >= 15 is 0 Å². The summed E-state index contributed by atoms with van der Waals surface area (Å²) < 4.78 is 2.37. The van der Waals surface area contributed by atoms with Crippen LogP contribution < -0.4 is 9.21 Å². The van der Waals surface area contributed by atoms with E-state index in [9.17, 15) is 9.59 Å². The number of carbonyl (C=O) groups is 2. The minimum atomic E-state index is -0.500. The van der Waals surface area contributed by atoms with Gasteiger partial charge in [-0.2, -0.15) is 0 Å². The van der Waals surface area contributed by atoms with Crippen molar-refractivity contribution in [3.05, 3.63) is 46.5 Å². The highest BCUT2D eigenvalue weighted by atomic mass is 32.2. The Kier molecular flexibility index (Phi) is 11.1. The van der Waals surface area contributed by atoms with Crippen molar-refractivity contribution >= 4 is 35.0 Å². The molecule has 0 aliphatic carbocycles. The highest BCUT2D eigenvalue weighted by molar-refractivity contribution is 8.00. The quantitative estimate of drug-likeness (QED) is 0.396. The van der Waals surface area contributed by atoms with Gasteiger partial charge in [0.25, 0.3) is 0 Å². The number of aryl methyl sites for hydroxylation is 1. The molecule has 1 amide bonds. The summed E-state index contributed by atoms with van der Waals surface area (Å²) in [6.45, 7) is 18.2. The van der Waals surface area contributed by atoms with Crippen molar-refractivity contribution in [3.63, 3.8) is 0 Å². The largest absolute Gasteiger partial charge is 0.391 e. The molecule has 2 aliphatic heterocycles. The fourth-order valence-electron chi connectivity index (χ4n) is 5.31. The van der Waals surface area contributed by atoms with Crippen LogP contribution in [0.2, 0.25) is 0 Å². The van der Waals surface area contributed by atoms with Gasteiger partial charge in [-0.3, -0.25) is 9.59 Å². The number of amides is 1. The molecule has 7 heteroatoms. The molecule has 0 spiro atoms. The highest BCUT2D eigenvalue weighted by Gasteiger charge is 2.39. The molecule has 0 unspecified atom stereocenters. The number of anilines is 2. The SMILES string of the molecule is C#C.CC(C)(C)O.CSN1C[C@H]2CN(C(C)=O)CCN2c2c(C)c(-c3ccc(C)cc3)c(CC(C)=O)c(C)c21. The van der Waals surface area contributed by atoms with Crippen molar-refractivity contribution in [1.29, 1.82) is 0 Å². The summed E-state index contributed by atoms with van der Waals surface area (Å²) in [6, 6.07) is 8.89. The summed E-state index contributed by atoms with van der Waals surface area (Å²) in [5.74, 6) is 0.330. The lowest BCUT2D eigenvalue weighted by atomic mass is 9.85. The molecule has 2 aromatic rings. The Balaban J connectivity index is 0.000000686. The smallest absolute Gasteiger partial charge is 0.219 e. The van der Waals surface area contributed by atoms with Crippen LogP contribution in [0.4, 0.5) is 11.4 Å². The Morgan fingerprint density at radius 2 is 1.54 bits per heavy atom. The number of hydrogen-bond donors (Lipinski definition) is 1. The normalized spacial score (nSPS) is 16.2. The second kappa shape index (κ2) is 13.4. The molecule has 0 bridgehead atoms. The maximum Gasteiger partial charge on any atom is 0.219 e. The van der Waals surface area contributed by atoms with Crippen molar-refractivity contribution in [2.24, 2.45) is 0 Å². The Bertz CT molecular complexity index is 1190. The van der Waals surface area contributed by atoms with Gasteiger partial charge in [0.05, 0.1) is 29.6 Å². The Labute approximate surface area is 239 Å². The van der Waals surface area contributed by atoms with E-state index < -0.39 is 5.60 Å². The van der Waals surface area contributed by atoms with Crippen molar-refractivity contribution in [3.8, 4) is 24.0 Å². The maximum atomic E-state index is 12.3. The summed E-state index contributed by atoms with van der Waals surface area (Å²) >= 11 is 1.73. The van der Waals surface area contributed by atoms with Gasteiger partial charge in [0.2, 0.25) is 5.91 Å². The molecule has 1 fully saturated rings. The van der Waals surface area contributed by atoms with E-state index in [4.69, 9.17) is 5.11 Å². The fraction of sp³-hybridized carbons (Fsp3) is 0.500. The van der Waals surface area contributed by atoms with Gasteiger partial charge in [0.1, 0.15) is 5.78 Å². The molecular weight excluding hydrogens is 506 g/mol. The van der Waals surface area contributed by atoms with Gasteiger partial charge in [-0.1, -0.05) is 41.8 Å². The number of terminal acetylenes is 1. The van der Waals surface area contributed by atoms with E-state index in [1.165, 1.54) is 33.6 Å². The van der Waals surface area contributed by atoms with E-state index in [2.05, 4.69) is 73.3 Å².